The monoisotopic (exact) mass is 292 g/mol. The van der Waals surface area contributed by atoms with E-state index in [2.05, 4.69) is 10.2 Å². The number of esters is 1. The van der Waals surface area contributed by atoms with Gasteiger partial charge in [0.2, 0.25) is 0 Å². The lowest BCUT2D eigenvalue weighted by molar-refractivity contribution is -0.148. The fourth-order valence-electron chi connectivity index (χ4n) is 3.63. The van der Waals surface area contributed by atoms with E-state index in [1.54, 1.807) is 18.2 Å². The molecule has 0 amide bonds. The van der Waals surface area contributed by atoms with Crippen LogP contribution in [0.15, 0.2) is 24.3 Å². The van der Waals surface area contributed by atoms with E-state index >= 15 is 0 Å². The van der Waals surface area contributed by atoms with E-state index in [9.17, 15) is 9.18 Å². The van der Waals surface area contributed by atoms with Crippen molar-refractivity contribution < 1.29 is 13.9 Å². The molecule has 0 aromatic heterocycles. The van der Waals surface area contributed by atoms with Crippen molar-refractivity contribution >= 4 is 11.7 Å². The summed E-state index contributed by atoms with van der Waals surface area (Å²) in [4.78, 5) is 14.8. The molecule has 2 heterocycles. The lowest BCUT2D eigenvalue weighted by Gasteiger charge is -2.43. The summed E-state index contributed by atoms with van der Waals surface area (Å²) in [6, 6.07) is 6.86. The van der Waals surface area contributed by atoms with Gasteiger partial charge in [-0.05, 0) is 44.4 Å². The van der Waals surface area contributed by atoms with Crippen LogP contribution in [0.5, 0.6) is 0 Å². The predicted octanol–water partition coefficient (Wildman–Crippen LogP) is 2.41. The van der Waals surface area contributed by atoms with E-state index in [-0.39, 0.29) is 11.8 Å². The summed E-state index contributed by atoms with van der Waals surface area (Å²) in [5, 5.41) is 3.15. The number of carbonyl (C=O) groups is 1. The van der Waals surface area contributed by atoms with Gasteiger partial charge in [0.1, 0.15) is 11.4 Å². The largest absolute Gasteiger partial charge is 0.467 e. The maximum Gasteiger partial charge on any atom is 0.331 e. The highest BCUT2D eigenvalue weighted by Gasteiger charge is 2.47. The second kappa shape index (κ2) is 5.64. The van der Waals surface area contributed by atoms with E-state index < -0.39 is 5.54 Å². The smallest absolute Gasteiger partial charge is 0.331 e. The Bertz CT molecular complexity index is 537. The molecule has 0 aliphatic carbocycles. The summed E-state index contributed by atoms with van der Waals surface area (Å²) >= 11 is 0. The topological polar surface area (TPSA) is 41.6 Å². The first-order chi connectivity index (χ1) is 10.1. The van der Waals surface area contributed by atoms with Crippen molar-refractivity contribution in [2.75, 3.05) is 25.5 Å². The first kappa shape index (κ1) is 14.3. The van der Waals surface area contributed by atoms with Crippen molar-refractivity contribution in [2.45, 2.75) is 37.3 Å². The normalized spacial score (nSPS) is 29.0. The zero-order chi connectivity index (χ0) is 14.9. The average molecular weight is 292 g/mol. The Morgan fingerprint density at radius 1 is 1.43 bits per heavy atom. The maximum atomic E-state index is 13.9. The number of carbonyl (C=O) groups excluding carboxylic acids is 1. The minimum absolute atomic E-state index is 0.294. The van der Waals surface area contributed by atoms with Crippen LogP contribution in [0.25, 0.3) is 0 Å². The van der Waals surface area contributed by atoms with Crippen molar-refractivity contribution in [3.8, 4) is 0 Å². The van der Waals surface area contributed by atoms with E-state index in [0.29, 0.717) is 24.6 Å². The van der Waals surface area contributed by atoms with Crippen molar-refractivity contribution in [3.63, 3.8) is 0 Å². The molecule has 4 nitrogen and oxygen atoms in total. The molecule has 1 aromatic carbocycles. The number of ether oxygens (including phenoxy) is 1. The molecule has 114 valence electrons. The van der Waals surface area contributed by atoms with E-state index in [0.717, 1.165) is 19.5 Å². The van der Waals surface area contributed by atoms with Gasteiger partial charge in [0.05, 0.1) is 12.8 Å². The minimum atomic E-state index is -0.817. The van der Waals surface area contributed by atoms with Gasteiger partial charge in [0.15, 0.2) is 0 Å². The van der Waals surface area contributed by atoms with Gasteiger partial charge in [-0.2, -0.15) is 0 Å². The van der Waals surface area contributed by atoms with Gasteiger partial charge in [-0.15, -0.1) is 0 Å². The van der Waals surface area contributed by atoms with Gasteiger partial charge in [-0.25, -0.2) is 9.18 Å². The zero-order valence-corrected chi connectivity index (χ0v) is 12.3. The molecular formula is C16H21FN2O2. The number of rotatable bonds is 3. The number of hydrogen-bond donors (Lipinski definition) is 1. The van der Waals surface area contributed by atoms with Crippen LogP contribution in [0.2, 0.25) is 0 Å². The third kappa shape index (κ3) is 2.62. The summed E-state index contributed by atoms with van der Waals surface area (Å²) in [6.45, 7) is 1.95. The maximum absolute atomic E-state index is 13.9. The fourth-order valence-corrected chi connectivity index (χ4v) is 3.63. The molecule has 0 spiro atoms. The van der Waals surface area contributed by atoms with E-state index in [1.807, 2.05) is 0 Å². The molecule has 21 heavy (non-hydrogen) atoms. The second-order valence-electron chi connectivity index (χ2n) is 5.96. The first-order valence-electron chi connectivity index (χ1n) is 7.50. The highest BCUT2D eigenvalue weighted by molar-refractivity contribution is 5.85. The molecule has 2 atom stereocenters. The van der Waals surface area contributed by atoms with Gasteiger partial charge in [0, 0.05) is 12.6 Å². The van der Waals surface area contributed by atoms with Gasteiger partial charge in [-0.1, -0.05) is 12.1 Å². The predicted molar refractivity (Wildman–Crippen MR) is 78.6 cm³/mol. The molecule has 2 saturated heterocycles. The number of nitrogens with one attached hydrogen (secondary N) is 1. The first-order valence-corrected chi connectivity index (χ1v) is 7.50. The number of benzene rings is 1. The van der Waals surface area contributed by atoms with Crippen molar-refractivity contribution in [1.29, 1.82) is 0 Å². The number of anilines is 1. The Morgan fingerprint density at radius 2 is 2.24 bits per heavy atom. The molecule has 5 heteroatoms. The Morgan fingerprint density at radius 3 is 3.00 bits per heavy atom. The van der Waals surface area contributed by atoms with Gasteiger partial charge < -0.3 is 15.0 Å². The van der Waals surface area contributed by atoms with E-state index in [1.165, 1.54) is 19.6 Å². The summed E-state index contributed by atoms with van der Waals surface area (Å²) < 4.78 is 18.9. The van der Waals surface area contributed by atoms with Crippen LogP contribution in [0.1, 0.15) is 25.7 Å². The molecular weight excluding hydrogens is 271 g/mol. The number of nitrogens with zero attached hydrogens (tertiary/aromatic N) is 1. The Labute approximate surface area is 124 Å². The molecule has 0 saturated carbocycles. The van der Waals surface area contributed by atoms with Crippen LogP contribution in [0.4, 0.5) is 10.1 Å². The molecule has 1 aromatic rings. The molecule has 2 unspecified atom stereocenters. The van der Waals surface area contributed by atoms with Crippen molar-refractivity contribution in [3.05, 3.63) is 30.1 Å². The van der Waals surface area contributed by atoms with Gasteiger partial charge in [-0.3, -0.25) is 0 Å². The standard InChI is InChI=1S/C16H21FN2O2/c1-21-15(20)16(18-14-7-3-2-6-13(14)17)8-10-19-9-4-5-12(19)11-16/h2-3,6-7,12,18H,4-5,8-11H2,1H3. The van der Waals surface area contributed by atoms with Crippen LogP contribution < -0.4 is 5.32 Å². The molecule has 0 bridgehead atoms. The SMILES string of the molecule is COC(=O)C1(Nc2ccccc2F)CCN2CCCC2C1. The zero-order valence-electron chi connectivity index (χ0n) is 12.3. The van der Waals surface area contributed by atoms with Crippen LogP contribution in [-0.2, 0) is 9.53 Å². The Hall–Kier alpha value is -1.62. The minimum Gasteiger partial charge on any atom is -0.467 e. The molecule has 1 N–H and O–H groups in total. The van der Waals surface area contributed by atoms with E-state index in [4.69, 9.17) is 4.74 Å². The lowest BCUT2D eigenvalue weighted by Crippen LogP contribution is -2.57. The number of halogens is 1. The molecule has 0 radical (unpaired) electrons. The van der Waals surface area contributed by atoms with Crippen LogP contribution >= 0.6 is 0 Å². The molecule has 2 aliphatic rings. The Kier molecular flexibility index (Phi) is 3.85. The van der Waals surface area contributed by atoms with Gasteiger partial charge in [0.25, 0.3) is 0 Å². The molecule has 2 fully saturated rings. The summed E-state index contributed by atoms with van der Waals surface area (Å²) in [7, 11) is 1.40. The van der Waals surface area contributed by atoms with Crippen LogP contribution in [-0.4, -0.2) is 42.6 Å². The lowest BCUT2D eigenvalue weighted by atomic mass is 9.83. The van der Waals surface area contributed by atoms with Crippen molar-refractivity contribution in [2.24, 2.45) is 0 Å². The summed E-state index contributed by atoms with van der Waals surface area (Å²) in [6.07, 6.45) is 3.58. The fraction of sp³-hybridized carbons (Fsp3) is 0.562. The second-order valence-corrected chi connectivity index (χ2v) is 5.96. The third-order valence-electron chi connectivity index (χ3n) is 4.73. The number of methoxy groups -OCH3 is 1. The number of piperidine rings is 1. The highest BCUT2D eigenvalue weighted by Crippen LogP contribution is 2.36. The molecule has 3 rings (SSSR count). The number of fused-ring (bicyclic) bond motifs is 1. The van der Waals surface area contributed by atoms with Gasteiger partial charge >= 0.3 is 5.97 Å². The number of para-hydroxylation sites is 1. The molecule has 2 aliphatic heterocycles. The van der Waals surface area contributed by atoms with Crippen LogP contribution in [0, 0.1) is 5.82 Å². The Balaban J connectivity index is 1.87. The quantitative estimate of drug-likeness (QED) is 0.869. The summed E-state index contributed by atoms with van der Waals surface area (Å²) in [5.41, 5.74) is -0.447. The van der Waals surface area contributed by atoms with Crippen LogP contribution in [0.3, 0.4) is 0 Å². The third-order valence-corrected chi connectivity index (χ3v) is 4.73. The number of hydrogen-bond acceptors (Lipinski definition) is 4. The highest BCUT2D eigenvalue weighted by atomic mass is 19.1. The summed E-state index contributed by atoms with van der Waals surface area (Å²) in [5.74, 6) is -0.632. The van der Waals surface area contributed by atoms with Crippen molar-refractivity contribution in [1.82, 2.24) is 4.90 Å². The average Bonchev–Trinajstić information content (AvgIpc) is 2.96.